The second-order valence-electron chi connectivity index (χ2n) is 5.06. The third kappa shape index (κ3) is 3.80. The Morgan fingerprint density at radius 2 is 2.41 bits per heavy atom. The lowest BCUT2D eigenvalue weighted by Gasteiger charge is -2.24. The third-order valence-electron chi connectivity index (χ3n) is 3.54. The summed E-state index contributed by atoms with van der Waals surface area (Å²) in [6, 6.07) is 2.93. The van der Waals surface area contributed by atoms with Gasteiger partial charge in [-0.1, -0.05) is 13.3 Å². The lowest BCUT2D eigenvalue weighted by atomic mass is 10.1. The van der Waals surface area contributed by atoms with E-state index in [0.29, 0.717) is 6.04 Å². The number of nitrogens with one attached hydrogen (secondary N) is 1. The molecule has 0 amide bonds. The van der Waals surface area contributed by atoms with Crippen molar-refractivity contribution in [3.8, 4) is 0 Å². The molecule has 2 heterocycles. The molecule has 1 unspecified atom stereocenters. The Labute approximate surface area is 109 Å². The van der Waals surface area contributed by atoms with Gasteiger partial charge in [-0.05, 0) is 49.9 Å². The molecule has 2 rings (SSSR count). The molecule has 0 spiro atoms. The average molecular weight is 252 g/mol. The Morgan fingerprint density at radius 1 is 1.53 bits per heavy atom. The van der Waals surface area contributed by atoms with Crippen LogP contribution in [0.3, 0.4) is 0 Å². The van der Waals surface area contributed by atoms with Gasteiger partial charge in [0.1, 0.15) is 0 Å². The van der Waals surface area contributed by atoms with Crippen molar-refractivity contribution in [3.63, 3.8) is 0 Å². The Kier molecular flexibility index (Phi) is 5.01. The smallest absolute Gasteiger partial charge is 0.0331 e. The maximum absolute atomic E-state index is 3.67. The quantitative estimate of drug-likeness (QED) is 0.886. The van der Waals surface area contributed by atoms with Gasteiger partial charge < -0.3 is 5.32 Å². The van der Waals surface area contributed by atoms with Crippen LogP contribution in [0.25, 0.3) is 0 Å². The highest BCUT2D eigenvalue weighted by molar-refractivity contribution is 7.10. The summed E-state index contributed by atoms with van der Waals surface area (Å²) < 4.78 is 0. The number of hydrogen-bond acceptors (Lipinski definition) is 3. The van der Waals surface area contributed by atoms with Crippen LogP contribution in [-0.2, 0) is 6.54 Å². The first kappa shape index (κ1) is 13.1. The average Bonchev–Trinajstić information content (AvgIpc) is 2.59. The summed E-state index contributed by atoms with van der Waals surface area (Å²) in [5, 5.41) is 5.88. The van der Waals surface area contributed by atoms with Gasteiger partial charge in [-0.15, -0.1) is 11.3 Å². The van der Waals surface area contributed by atoms with Crippen molar-refractivity contribution < 1.29 is 0 Å². The molecular weight excluding hydrogens is 228 g/mol. The van der Waals surface area contributed by atoms with Crippen molar-refractivity contribution in [3.05, 3.63) is 21.9 Å². The summed E-state index contributed by atoms with van der Waals surface area (Å²) in [5.74, 6) is 0. The van der Waals surface area contributed by atoms with Gasteiger partial charge in [0.15, 0.2) is 0 Å². The van der Waals surface area contributed by atoms with E-state index in [4.69, 9.17) is 0 Å². The molecular formula is C14H24N2S. The van der Waals surface area contributed by atoms with E-state index in [0.717, 1.165) is 6.54 Å². The summed E-state index contributed by atoms with van der Waals surface area (Å²) in [4.78, 5) is 4.17. The monoisotopic (exact) mass is 252 g/mol. The van der Waals surface area contributed by atoms with E-state index < -0.39 is 0 Å². The molecule has 17 heavy (non-hydrogen) atoms. The van der Waals surface area contributed by atoms with Gasteiger partial charge in [0, 0.05) is 24.0 Å². The van der Waals surface area contributed by atoms with Crippen molar-refractivity contribution in [1.82, 2.24) is 10.2 Å². The Balaban J connectivity index is 1.92. The minimum atomic E-state index is 0.697. The molecule has 1 N–H and O–H groups in total. The van der Waals surface area contributed by atoms with Crippen LogP contribution in [0, 0.1) is 6.92 Å². The largest absolute Gasteiger partial charge is 0.313 e. The van der Waals surface area contributed by atoms with Crippen LogP contribution < -0.4 is 5.32 Å². The van der Waals surface area contributed by atoms with E-state index >= 15 is 0 Å². The zero-order valence-electron chi connectivity index (χ0n) is 11.0. The van der Waals surface area contributed by atoms with Gasteiger partial charge >= 0.3 is 0 Å². The molecule has 1 fully saturated rings. The number of nitrogens with zero attached hydrogens (tertiary/aromatic N) is 1. The molecule has 1 saturated heterocycles. The van der Waals surface area contributed by atoms with E-state index in [1.54, 1.807) is 4.88 Å². The van der Waals surface area contributed by atoms with Gasteiger partial charge in [0.05, 0.1) is 0 Å². The summed E-state index contributed by atoms with van der Waals surface area (Å²) in [7, 11) is 0. The van der Waals surface area contributed by atoms with Gasteiger partial charge in [-0.25, -0.2) is 0 Å². The maximum Gasteiger partial charge on any atom is 0.0331 e. The summed E-state index contributed by atoms with van der Waals surface area (Å²) >= 11 is 1.90. The topological polar surface area (TPSA) is 15.3 Å². The summed E-state index contributed by atoms with van der Waals surface area (Å²) in [6.07, 6.45) is 3.87. The van der Waals surface area contributed by atoms with Crippen LogP contribution >= 0.6 is 11.3 Å². The third-order valence-corrected chi connectivity index (χ3v) is 4.54. The molecule has 2 nitrogen and oxygen atoms in total. The number of aryl methyl sites for hydroxylation is 1. The lowest BCUT2D eigenvalue weighted by Crippen LogP contribution is -2.37. The van der Waals surface area contributed by atoms with Crippen LogP contribution in [0.5, 0.6) is 0 Å². The second kappa shape index (κ2) is 6.53. The maximum atomic E-state index is 3.67. The zero-order valence-corrected chi connectivity index (χ0v) is 11.9. The molecule has 0 bridgehead atoms. The van der Waals surface area contributed by atoms with E-state index in [1.165, 1.54) is 44.5 Å². The number of thiophene rings is 1. The van der Waals surface area contributed by atoms with Gasteiger partial charge in [-0.2, -0.15) is 0 Å². The lowest BCUT2D eigenvalue weighted by molar-refractivity contribution is 0.256. The Hall–Kier alpha value is -0.380. The number of hydrogen-bond donors (Lipinski definition) is 1. The minimum Gasteiger partial charge on any atom is -0.313 e. The highest BCUT2D eigenvalue weighted by Gasteiger charge is 2.17. The zero-order chi connectivity index (χ0) is 12.1. The van der Waals surface area contributed by atoms with Crippen molar-refractivity contribution in [2.75, 3.05) is 19.6 Å². The molecule has 96 valence electrons. The first-order valence-electron chi connectivity index (χ1n) is 6.78. The predicted molar refractivity (Wildman–Crippen MR) is 75.6 cm³/mol. The van der Waals surface area contributed by atoms with Crippen molar-refractivity contribution in [2.24, 2.45) is 0 Å². The predicted octanol–water partition coefficient (Wildman–Crippen LogP) is 3.02. The molecule has 0 aromatic carbocycles. The van der Waals surface area contributed by atoms with Crippen LogP contribution in [0.15, 0.2) is 11.4 Å². The fraction of sp³-hybridized carbons (Fsp3) is 0.714. The molecule has 1 aliphatic heterocycles. The Morgan fingerprint density at radius 3 is 3.12 bits per heavy atom. The normalized spacial score (nSPS) is 22.6. The SMILES string of the molecule is CCCC1CN(Cc2sccc2C)CCCN1. The van der Waals surface area contributed by atoms with E-state index in [2.05, 4.69) is 35.5 Å². The summed E-state index contributed by atoms with van der Waals surface area (Å²) in [5.41, 5.74) is 1.46. The standard InChI is InChI=1S/C14H24N2S/c1-3-5-13-10-16(8-4-7-15-13)11-14-12(2)6-9-17-14/h6,9,13,15H,3-5,7-8,10-11H2,1-2H3. The van der Waals surface area contributed by atoms with Crippen LogP contribution in [-0.4, -0.2) is 30.6 Å². The van der Waals surface area contributed by atoms with E-state index in [-0.39, 0.29) is 0 Å². The molecule has 1 atom stereocenters. The van der Waals surface area contributed by atoms with Gasteiger partial charge in [0.2, 0.25) is 0 Å². The second-order valence-corrected chi connectivity index (χ2v) is 6.06. The minimum absolute atomic E-state index is 0.697. The van der Waals surface area contributed by atoms with E-state index in [9.17, 15) is 0 Å². The fourth-order valence-corrected chi connectivity index (χ4v) is 3.48. The highest BCUT2D eigenvalue weighted by atomic mass is 32.1. The molecule has 1 aliphatic rings. The molecule has 0 radical (unpaired) electrons. The van der Waals surface area contributed by atoms with E-state index in [1.807, 2.05) is 11.3 Å². The van der Waals surface area contributed by atoms with Crippen LogP contribution in [0.1, 0.15) is 36.6 Å². The first-order chi connectivity index (χ1) is 8.29. The molecule has 1 aromatic rings. The summed E-state index contributed by atoms with van der Waals surface area (Å²) in [6.45, 7) is 9.29. The first-order valence-corrected chi connectivity index (χ1v) is 7.66. The van der Waals surface area contributed by atoms with Crippen LogP contribution in [0.4, 0.5) is 0 Å². The molecule has 0 saturated carbocycles. The molecule has 1 aromatic heterocycles. The van der Waals surface area contributed by atoms with Gasteiger partial charge in [0.25, 0.3) is 0 Å². The highest BCUT2D eigenvalue weighted by Crippen LogP contribution is 2.19. The van der Waals surface area contributed by atoms with Crippen LogP contribution in [0.2, 0.25) is 0 Å². The van der Waals surface area contributed by atoms with Gasteiger partial charge in [-0.3, -0.25) is 4.90 Å². The fourth-order valence-electron chi connectivity index (χ4n) is 2.53. The Bertz CT molecular complexity index is 335. The van der Waals surface area contributed by atoms with Crippen molar-refractivity contribution in [2.45, 2.75) is 45.7 Å². The molecule has 3 heteroatoms. The van der Waals surface area contributed by atoms with Crippen molar-refractivity contribution in [1.29, 1.82) is 0 Å². The number of rotatable bonds is 4. The molecule has 0 aliphatic carbocycles. The van der Waals surface area contributed by atoms with Crippen molar-refractivity contribution >= 4 is 11.3 Å².